The number of unbranched alkanes of at least 4 members (excludes halogenated alkanes) is 6. The van der Waals surface area contributed by atoms with E-state index in [1.807, 2.05) is 0 Å². The summed E-state index contributed by atoms with van der Waals surface area (Å²) < 4.78 is 5.50. The molecule has 33 heavy (non-hydrogen) atoms. The highest BCUT2D eigenvalue weighted by molar-refractivity contribution is 6.56. The van der Waals surface area contributed by atoms with Crippen LogP contribution in [0.1, 0.15) is 79.0 Å². The number of rotatable bonds is 10. The summed E-state index contributed by atoms with van der Waals surface area (Å²) in [5.74, 6) is -1.80. The molecule has 0 N–H and O–H groups in total. The lowest BCUT2D eigenvalue weighted by Gasteiger charge is -2.17. The molecule has 2 aromatic carbocycles. The van der Waals surface area contributed by atoms with Gasteiger partial charge < -0.3 is 4.74 Å². The van der Waals surface area contributed by atoms with Crippen LogP contribution in [0.2, 0.25) is 20.1 Å². The molecule has 3 rings (SSSR count). The van der Waals surface area contributed by atoms with E-state index >= 15 is 0 Å². The Morgan fingerprint density at radius 1 is 0.788 bits per heavy atom. The minimum absolute atomic E-state index is 0.0874. The second-order valence-electron chi connectivity index (χ2n) is 7.76. The summed E-state index contributed by atoms with van der Waals surface area (Å²) in [5.41, 5.74) is -0.161. The van der Waals surface area contributed by atoms with Crippen LogP contribution >= 0.6 is 46.4 Å². The number of hydrogen-bond donors (Lipinski definition) is 0. The van der Waals surface area contributed by atoms with Gasteiger partial charge in [-0.1, -0.05) is 104 Å². The number of esters is 1. The molecule has 0 bridgehead atoms. The molecule has 0 unspecified atom stereocenters. The summed E-state index contributed by atoms with van der Waals surface area (Å²) >= 11 is 24.5. The van der Waals surface area contributed by atoms with Crippen LogP contribution in [0.25, 0.3) is 0 Å². The number of ether oxygens (including phenoxy) is 1. The SMILES string of the molecule is CCCCCCCCCC(=O)Oc1ccccc1N1C(=O)c2c(Cl)c(Cl)c(Cl)c(Cl)c2C1=O. The summed E-state index contributed by atoms with van der Waals surface area (Å²) in [7, 11) is 0. The number of imide groups is 1. The average Bonchev–Trinajstić information content (AvgIpc) is 3.06. The maximum atomic E-state index is 13.1. The van der Waals surface area contributed by atoms with Crippen LogP contribution in [-0.4, -0.2) is 17.8 Å². The first-order valence-electron chi connectivity index (χ1n) is 10.8. The van der Waals surface area contributed by atoms with Crippen LogP contribution in [0.15, 0.2) is 24.3 Å². The van der Waals surface area contributed by atoms with Gasteiger partial charge in [0, 0.05) is 6.42 Å². The third-order valence-electron chi connectivity index (χ3n) is 5.42. The first-order chi connectivity index (χ1) is 15.8. The first kappa shape index (κ1) is 25.8. The van der Waals surface area contributed by atoms with Gasteiger partial charge in [0.05, 0.1) is 36.9 Å². The Labute approximate surface area is 212 Å². The van der Waals surface area contributed by atoms with E-state index in [1.165, 1.54) is 31.4 Å². The fourth-order valence-corrected chi connectivity index (χ4v) is 4.71. The molecule has 0 radical (unpaired) electrons. The number of halogens is 4. The minimum Gasteiger partial charge on any atom is -0.424 e. The van der Waals surface area contributed by atoms with Crippen LogP contribution in [0, 0.1) is 0 Å². The van der Waals surface area contributed by atoms with E-state index in [2.05, 4.69) is 6.92 Å². The molecule has 5 nitrogen and oxygen atoms in total. The topological polar surface area (TPSA) is 63.7 Å². The molecule has 2 amide bonds. The standard InChI is InChI=1S/C24H23Cl4NO4/c1-2-3-4-5-6-7-8-13-16(30)33-15-12-10-9-11-14(15)29-23(31)17-18(24(29)32)20(26)22(28)21(27)19(17)25/h9-12H,2-8,13H2,1H3. The average molecular weight is 531 g/mol. The summed E-state index contributed by atoms with van der Waals surface area (Å²) in [6, 6.07) is 6.29. The van der Waals surface area contributed by atoms with Gasteiger partial charge in [-0.15, -0.1) is 0 Å². The number of nitrogens with zero attached hydrogens (tertiary/aromatic N) is 1. The number of hydrogen-bond acceptors (Lipinski definition) is 4. The molecule has 0 aliphatic carbocycles. The zero-order valence-corrected chi connectivity index (χ0v) is 21.1. The van der Waals surface area contributed by atoms with Crippen molar-refractivity contribution < 1.29 is 19.1 Å². The van der Waals surface area contributed by atoms with Crippen molar-refractivity contribution in [3.05, 3.63) is 55.5 Å². The lowest BCUT2D eigenvalue weighted by Crippen LogP contribution is -2.30. The van der Waals surface area contributed by atoms with Gasteiger partial charge in [-0.25, -0.2) is 4.90 Å². The number of anilines is 1. The number of para-hydroxylation sites is 2. The van der Waals surface area contributed by atoms with Crippen LogP contribution in [0.3, 0.4) is 0 Å². The summed E-state index contributed by atoms with van der Waals surface area (Å²) in [4.78, 5) is 39.5. The molecule has 0 spiro atoms. The molecular formula is C24H23Cl4NO4. The van der Waals surface area contributed by atoms with Gasteiger partial charge in [0.1, 0.15) is 0 Å². The third-order valence-corrected chi connectivity index (χ3v) is 7.22. The van der Waals surface area contributed by atoms with Crippen molar-refractivity contribution in [2.24, 2.45) is 0 Å². The van der Waals surface area contributed by atoms with Gasteiger partial charge in [-0.05, 0) is 18.6 Å². The zero-order valence-electron chi connectivity index (χ0n) is 18.1. The van der Waals surface area contributed by atoms with Crippen molar-refractivity contribution >= 4 is 69.9 Å². The second kappa shape index (κ2) is 11.6. The Morgan fingerprint density at radius 3 is 1.88 bits per heavy atom. The molecule has 176 valence electrons. The fourth-order valence-electron chi connectivity index (χ4n) is 3.70. The predicted octanol–water partition coefficient (Wildman–Crippen LogP) is 8.15. The highest BCUT2D eigenvalue weighted by Crippen LogP contribution is 2.46. The molecule has 0 fully saturated rings. The predicted molar refractivity (Wildman–Crippen MR) is 132 cm³/mol. The van der Waals surface area contributed by atoms with Crippen LogP contribution < -0.4 is 9.64 Å². The highest BCUT2D eigenvalue weighted by Gasteiger charge is 2.43. The van der Waals surface area contributed by atoms with E-state index in [1.54, 1.807) is 12.1 Å². The van der Waals surface area contributed by atoms with Gasteiger partial charge in [-0.2, -0.15) is 0 Å². The van der Waals surface area contributed by atoms with Crippen molar-refractivity contribution in [1.29, 1.82) is 0 Å². The second-order valence-corrected chi connectivity index (χ2v) is 9.28. The molecular weight excluding hydrogens is 508 g/mol. The summed E-state index contributed by atoms with van der Waals surface area (Å²) in [6.45, 7) is 2.17. The Morgan fingerprint density at radius 2 is 1.30 bits per heavy atom. The maximum absolute atomic E-state index is 13.1. The molecule has 1 aliphatic heterocycles. The van der Waals surface area contributed by atoms with Crippen LogP contribution in [-0.2, 0) is 4.79 Å². The largest absolute Gasteiger partial charge is 0.424 e. The normalized spacial score (nSPS) is 12.9. The number of benzene rings is 2. The number of fused-ring (bicyclic) bond motifs is 1. The molecule has 1 heterocycles. The number of amides is 2. The lowest BCUT2D eigenvalue weighted by molar-refractivity contribution is -0.134. The van der Waals surface area contributed by atoms with Crippen molar-refractivity contribution in [2.45, 2.75) is 58.3 Å². The third kappa shape index (κ3) is 5.48. The minimum atomic E-state index is -0.726. The monoisotopic (exact) mass is 529 g/mol. The van der Waals surface area contributed by atoms with Crippen LogP contribution in [0.5, 0.6) is 5.75 Å². The van der Waals surface area contributed by atoms with Crippen molar-refractivity contribution in [2.75, 3.05) is 4.90 Å². The molecule has 2 aromatic rings. The molecule has 0 saturated heterocycles. The van der Waals surface area contributed by atoms with E-state index in [9.17, 15) is 14.4 Å². The highest BCUT2D eigenvalue weighted by atomic mass is 35.5. The number of carbonyl (C=O) groups excluding carboxylic acids is 3. The fraction of sp³-hybridized carbons (Fsp3) is 0.375. The first-order valence-corrected chi connectivity index (χ1v) is 12.3. The van der Waals surface area contributed by atoms with E-state index < -0.39 is 17.8 Å². The Bertz CT molecular complexity index is 1040. The Balaban J connectivity index is 1.75. The van der Waals surface area contributed by atoms with Crippen molar-refractivity contribution in [3.8, 4) is 5.75 Å². The molecule has 9 heteroatoms. The molecule has 1 aliphatic rings. The van der Waals surface area contributed by atoms with Gasteiger partial charge in [-0.3, -0.25) is 14.4 Å². The summed E-state index contributed by atoms with van der Waals surface area (Å²) in [6.07, 6.45) is 7.75. The maximum Gasteiger partial charge on any atom is 0.311 e. The Kier molecular flexibility index (Phi) is 9.05. The van der Waals surface area contributed by atoms with Gasteiger partial charge >= 0.3 is 5.97 Å². The molecule has 0 saturated carbocycles. The zero-order chi connectivity index (χ0) is 24.1. The van der Waals surface area contributed by atoms with Crippen LogP contribution in [0.4, 0.5) is 5.69 Å². The molecule has 0 aromatic heterocycles. The van der Waals surface area contributed by atoms with Gasteiger partial charge in [0.2, 0.25) is 0 Å². The Hall–Kier alpha value is -1.79. The smallest absolute Gasteiger partial charge is 0.311 e. The lowest BCUT2D eigenvalue weighted by atomic mass is 10.1. The van der Waals surface area contributed by atoms with E-state index in [0.29, 0.717) is 6.42 Å². The molecule has 0 atom stereocenters. The summed E-state index contributed by atoms with van der Waals surface area (Å²) in [5, 5.41) is -0.537. The quantitative estimate of drug-likeness (QED) is 0.0776. The van der Waals surface area contributed by atoms with Gasteiger partial charge in [0.15, 0.2) is 5.75 Å². The van der Waals surface area contributed by atoms with E-state index in [0.717, 1.165) is 24.2 Å². The van der Waals surface area contributed by atoms with Gasteiger partial charge in [0.25, 0.3) is 11.8 Å². The van der Waals surface area contributed by atoms with Crippen molar-refractivity contribution in [3.63, 3.8) is 0 Å². The van der Waals surface area contributed by atoms with E-state index in [-0.39, 0.29) is 49.1 Å². The van der Waals surface area contributed by atoms with Crippen molar-refractivity contribution in [1.82, 2.24) is 0 Å². The van der Waals surface area contributed by atoms with E-state index in [4.69, 9.17) is 51.1 Å². The number of carbonyl (C=O) groups is 3.